The van der Waals surface area contributed by atoms with Crippen molar-refractivity contribution in [2.75, 3.05) is 44.7 Å². The molecule has 3 heterocycles. The second kappa shape index (κ2) is 5.84. The van der Waals surface area contributed by atoms with E-state index >= 15 is 0 Å². The van der Waals surface area contributed by atoms with Gasteiger partial charge in [-0.2, -0.15) is 0 Å². The first-order valence-corrected chi connectivity index (χ1v) is 7.31. The minimum absolute atomic E-state index is 0.902. The molecular weight excluding hydrogens is 238 g/mol. The molecule has 0 saturated carbocycles. The molecule has 2 aliphatic rings. The summed E-state index contributed by atoms with van der Waals surface area (Å²) in [7, 11) is 2.15. The van der Waals surface area contributed by atoms with Crippen LogP contribution in [0.2, 0.25) is 0 Å². The summed E-state index contributed by atoms with van der Waals surface area (Å²) < 4.78 is 0. The van der Waals surface area contributed by atoms with Gasteiger partial charge in [-0.25, -0.2) is 9.97 Å². The molecule has 1 aromatic heterocycles. The Labute approximate surface area is 115 Å². The molecule has 19 heavy (non-hydrogen) atoms. The lowest BCUT2D eigenvalue weighted by molar-refractivity contribution is 0.346. The number of hydrogen-bond acceptors (Lipinski definition) is 5. The van der Waals surface area contributed by atoms with Crippen LogP contribution >= 0.6 is 0 Å². The van der Waals surface area contributed by atoms with Crippen molar-refractivity contribution in [1.29, 1.82) is 0 Å². The molecule has 1 saturated heterocycles. The van der Waals surface area contributed by atoms with Crippen molar-refractivity contribution in [1.82, 2.24) is 20.2 Å². The van der Waals surface area contributed by atoms with Crippen LogP contribution < -0.4 is 10.2 Å². The summed E-state index contributed by atoms with van der Waals surface area (Å²) in [5.41, 5.74) is 2.51. The van der Waals surface area contributed by atoms with Gasteiger partial charge in [-0.1, -0.05) is 0 Å². The van der Waals surface area contributed by atoms with Crippen LogP contribution in [0.3, 0.4) is 0 Å². The van der Waals surface area contributed by atoms with Crippen molar-refractivity contribution in [3.05, 3.63) is 17.6 Å². The van der Waals surface area contributed by atoms with Gasteiger partial charge in [0.05, 0.1) is 5.69 Å². The van der Waals surface area contributed by atoms with Crippen LogP contribution in [0.4, 0.5) is 5.82 Å². The molecule has 1 fully saturated rings. The molecule has 0 bridgehead atoms. The van der Waals surface area contributed by atoms with Gasteiger partial charge in [-0.05, 0) is 25.9 Å². The van der Waals surface area contributed by atoms with Crippen molar-refractivity contribution in [3.8, 4) is 0 Å². The Kier molecular flexibility index (Phi) is 3.94. The quantitative estimate of drug-likeness (QED) is 0.862. The molecule has 1 aromatic rings. The van der Waals surface area contributed by atoms with Crippen LogP contribution in [-0.2, 0) is 13.0 Å². The average molecular weight is 261 g/mol. The van der Waals surface area contributed by atoms with E-state index in [-0.39, 0.29) is 0 Å². The third-order valence-corrected chi connectivity index (χ3v) is 4.16. The van der Waals surface area contributed by atoms with E-state index < -0.39 is 0 Å². The van der Waals surface area contributed by atoms with Gasteiger partial charge < -0.3 is 15.1 Å². The molecule has 104 valence electrons. The summed E-state index contributed by atoms with van der Waals surface area (Å²) in [6.45, 7) is 6.64. The molecule has 5 heteroatoms. The van der Waals surface area contributed by atoms with Gasteiger partial charge in [0, 0.05) is 45.2 Å². The minimum Gasteiger partial charge on any atom is -0.358 e. The highest BCUT2D eigenvalue weighted by atomic mass is 15.2. The lowest BCUT2D eigenvalue weighted by Gasteiger charge is -2.26. The number of nitrogens with one attached hydrogen (secondary N) is 1. The van der Waals surface area contributed by atoms with Crippen LogP contribution in [-0.4, -0.2) is 54.6 Å². The van der Waals surface area contributed by atoms with Crippen molar-refractivity contribution in [2.24, 2.45) is 0 Å². The second-order valence-corrected chi connectivity index (χ2v) is 5.52. The summed E-state index contributed by atoms with van der Waals surface area (Å²) in [5.74, 6) is 1.11. The highest BCUT2D eigenvalue weighted by molar-refractivity contribution is 5.48. The standard InChI is InChI=1S/C14H23N5/c1-18(8-9-19-6-2-3-7-19)14-12-10-15-5-4-13(12)16-11-17-14/h11,15H,2-10H2,1H3. The molecule has 0 spiro atoms. The number of nitrogens with zero attached hydrogens (tertiary/aromatic N) is 4. The predicted molar refractivity (Wildman–Crippen MR) is 76.4 cm³/mol. The summed E-state index contributed by atoms with van der Waals surface area (Å²) in [6.07, 6.45) is 5.45. The molecule has 3 rings (SSSR count). The molecule has 5 nitrogen and oxygen atoms in total. The molecule has 0 unspecified atom stereocenters. The maximum absolute atomic E-state index is 4.49. The fourth-order valence-corrected chi connectivity index (χ4v) is 2.99. The van der Waals surface area contributed by atoms with Crippen LogP contribution in [0.15, 0.2) is 6.33 Å². The van der Waals surface area contributed by atoms with Crippen molar-refractivity contribution < 1.29 is 0 Å². The Morgan fingerprint density at radius 2 is 2.16 bits per heavy atom. The van der Waals surface area contributed by atoms with Gasteiger partial charge in [-0.15, -0.1) is 0 Å². The molecular formula is C14H23N5. The fourth-order valence-electron chi connectivity index (χ4n) is 2.99. The number of fused-ring (bicyclic) bond motifs is 1. The van der Waals surface area contributed by atoms with Gasteiger partial charge in [0.1, 0.15) is 12.1 Å². The Morgan fingerprint density at radius 3 is 3.00 bits per heavy atom. The third kappa shape index (κ3) is 2.87. The zero-order valence-corrected chi connectivity index (χ0v) is 11.7. The number of anilines is 1. The number of likely N-dealkylation sites (tertiary alicyclic amines) is 1. The fraction of sp³-hybridized carbons (Fsp3) is 0.714. The van der Waals surface area contributed by atoms with Gasteiger partial charge in [0.25, 0.3) is 0 Å². The SMILES string of the molecule is CN(CCN1CCCC1)c1ncnc2c1CNCC2. The van der Waals surface area contributed by atoms with Gasteiger partial charge in [-0.3, -0.25) is 0 Å². The predicted octanol–water partition coefficient (Wildman–Crippen LogP) is 0.654. The van der Waals surface area contributed by atoms with E-state index in [0.29, 0.717) is 0 Å². The number of aromatic nitrogens is 2. The summed E-state index contributed by atoms with van der Waals surface area (Å²) in [6, 6.07) is 0. The van der Waals surface area contributed by atoms with Crippen LogP contribution in [0.1, 0.15) is 24.1 Å². The number of rotatable bonds is 4. The number of likely N-dealkylation sites (N-methyl/N-ethyl adjacent to an activating group) is 1. The van der Waals surface area contributed by atoms with E-state index in [1.165, 1.54) is 37.2 Å². The highest BCUT2D eigenvalue weighted by Crippen LogP contribution is 2.21. The molecule has 0 atom stereocenters. The van der Waals surface area contributed by atoms with Crippen molar-refractivity contribution >= 4 is 5.82 Å². The monoisotopic (exact) mass is 261 g/mol. The van der Waals surface area contributed by atoms with E-state index in [4.69, 9.17) is 0 Å². The van der Waals surface area contributed by atoms with Gasteiger partial charge in [0.2, 0.25) is 0 Å². The minimum atomic E-state index is 0.902. The van der Waals surface area contributed by atoms with Crippen LogP contribution in [0.25, 0.3) is 0 Å². The molecule has 0 radical (unpaired) electrons. The van der Waals surface area contributed by atoms with Crippen molar-refractivity contribution in [2.45, 2.75) is 25.8 Å². The normalized spacial score (nSPS) is 19.4. The second-order valence-electron chi connectivity index (χ2n) is 5.52. The molecule has 0 amide bonds. The lowest BCUT2D eigenvalue weighted by Crippen LogP contribution is -2.34. The van der Waals surface area contributed by atoms with E-state index in [1.807, 2.05) is 0 Å². The molecule has 0 aliphatic carbocycles. The summed E-state index contributed by atoms with van der Waals surface area (Å²) >= 11 is 0. The molecule has 1 N–H and O–H groups in total. The Balaban J connectivity index is 1.67. The topological polar surface area (TPSA) is 44.3 Å². The maximum atomic E-state index is 4.49. The van der Waals surface area contributed by atoms with E-state index in [9.17, 15) is 0 Å². The zero-order chi connectivity index (χ0) is 13.1. The first-order valence-electron chi connectivity index (χ1n) is 7.31. The summed E-state index contributed by atoms with van der Waals surface area (Å²) in [4.78, 5) is 13.7. The Hall–Kier alpha value is -1.20. The Morgan fingerprint density at radius 1 is 1.32 bits per heavy atom. The summed E-state index contributed by atoms with van der Waals surface area (Å²) in [5, 5.41) is 3.42. The zero-order valence-electron chi connectivity index (χ0n) is 11.7. The van der Waals surface area contributed by atoms with E-state index in [0.717, 1.165) is 38.4 Å². The first-order chi connectivity index (χ1) is 9.34. The van der Waals surface area contributed by atoms with E-state index in [1.54, 1.807) is 6.33 Å². The lowest BCUT2D eigenvalue weighted by atomic mass is 10.1. The first kappa shape index (κ1) is 12.8. The maximum Gasteiger partial charge on any atom is 0.136 e. The highest BCUT2D eigenvalue weighted by Gasteiger charge is 2.18. The van der Waals surface area contributed by atoms with Crippen LogP contribution in [0.5, 0.6) is 0 Å². The largest absolute Gasteiger partial charge is 0.358 e. The number of hydrogen-bond donors (Lipinski definition) is 1. The van der Waals surface area contributed by atoms with Crippen molar-refractivity contribution in [3.63, 3.8) is 0 Å². The Bertz CT molecular complexity index is 428. The smallest absolute Gasteiger partial charge is 0.136 e. The average Bonchev–Trinajstić information content (AvgIpc) is 2.97. The third-order valence-electron chi connectivity index (χ3n) is 4.16. The van der Waals surface area contributed by atoms with E-state index in [2.05, 4.69) is 32.1 Å². The van der Waals surface area contributed by atoms with Gasteiger partial charge in [0.15, 0.2) is 0 Å². The molecule has 0 aromatic carbocycles. The van der Waals surface area contributed by atoms with Gasteiger partial charge >= 0.3 is 0 Å². The van der Waals surface area contributed by atoms with Crippen LogP contribution in [0, 0.1) is 0 Å². The molecule has 2 aliphatic heterocycles.